The van der Waals surface area contributed by atoms with Gasteiger partial charge in [0.2, 0.25) is 0 Å². The average Bonchev–Trinajstić information content (AvgIpc) is 2.80. The van der Waals surface area contributed by atoms with Crippen LogP contribution < -0.4 is 5.73 Å². The molecular weight excluding hydrogens is 250 g/mol. The fourth-order valence-electron chi connectivity index (χ4n) is 1.93. The molecule has 0 saturated heterocycles. The van der Waals surface area contributed by atoms with Crippen LogP contribution in [-0.2, 0) is 0 Å². The zero-order chi connectivity index (χ0) is 14.0. The highest BCUT2D eigenvalue weighted by molar-refractivity contribution is 6.01. The molecule has 1 aromatic carbocycles. The topological polar surface area (TPSA) is 132 Å². The van der Waals surface area contributed by atoms with Crippen LogP contribution in [0.2, 0.25) is 0 Å². The number of fused-ring (bicyclic) bond motifs is 1. The van der Waals surface area contributed by atoms with E-state index in [9.17, 15) is 15.0 Å². The number of aliphatic hydroxyl groups is 2. The molecule has 1 aromatic heterocycles. The Morgan fingerprint density at radius 3 is 2.79 bits per heavy atom. The van der Waals surface area contributed by atoms with Crippen LogP contribution in [0.4, 0.5) is 0 Å². The van der Waals surface area contributed by atoms with Gasteiger partial charge in [-0.05, 0) is 30.7 Å². The molecule has 7 heteroatoms. The van der Waals surface area contributed by atoms with Crippen molar-refractivity contribution in [3.63, 3.8) is 0 Å². The van der Waals surface area contributed by atoms with Crippen molar-refractivity contribution in [3.05, 3.63) is 29.5 Å². The van der Waals surface area contributed by atoms with Crippen molar-refractivity contribution < 1.29 is 20.1 Å². The molecule has 0 radical (unpaired) electrons. The number of rotatable bonds is 5. The fraction of sp³-hybridized carbons (Fsp3) is 0.333. The van der Waals surface area contributed by atoms with E-state index < -0.39 is 18.2 Å². The van der Waals surface area contributed by atoms with Crippen LogP contribution in [0.5, 0.6) is 0 Å². The lowest BCUT2D eigenvalue weighted by Gasteiger charge is -2.17. The molecule has 7 nitrogen and oxygen atoms in total. The molecule has 6 N–H and O–H groups in total. The van der Waals surface area contributed by atoms with Crippen LogP contribution in [-0.4, -0.2) is 44.1 Å². The quantitative estimate of drug-likeness (QED) is 0.517. The zero-order valence-corrected chi connectivity index (χ0v) is 10.1. The summed E-state index contributed by atoms with van der Waals surface area (Å²) in [7, 11) is 0. The van der Waals surface area contributed by atoms with Crippen LogP contribution in [0.15, 0.2) is 18.2 Å². The summed E-state index contributed by atoms with van der Waals surface area (Å²) in [6.07, 6.45) is -1.83. The third-order valence-electron chi connectivity index (χ3n) is 2.96. The first-order valence-corrected chi connectivity index (χ1v) is 5.82. The lowest BCUT2D eigenvalue weighted by Crippen LogP contribution is -2.21. The van der Waals surface area contributed by atoms with Crippen LogP contribution >= 0.6 is 0 Å². The first-order chi connectivity index (χ1) is 9.04. The molecule has 0 spiro atoms. The summed E-state index contributed by atoms with van der Waals surface area (Å²) in [5, 5.41) is 35.3. The van der Waals surface area contributed by atoms with E-state index in [1.807, 2.05) is 0 Å². The van der Waals surface area contributed by atoms with Gasteiger partial charge in [-0.15, -0.1) is 0 Å². The Bertz CT molecular complexity index is 596. The first-order valence-electron chi connectivity index (χ1n) is 5.82. The molecule has 0 aliphatic rings. The van der Waals surface area contributed by atoms with Crippen molar-refractivity contribution in [2.45, 2.75) is 18.6 Å². The summed E-state index contributed by atoms with van der Waals surface area (Å²) < 4.78 is 0. The van der Waals surface area contributed by atoms with Gasteiger partial charge in [0.1, 0.15) is 6.10 Å². The van der Waals surface area contributed by atoms with E-state index in [1.165, 1.54) is 6.07 Å². The third kappa shape index (κ3) is 2.58. The van der Waals surface area contributed by atoms with Gasteiger partial charge < -0.3 is 21.1 Å². The summed E-state index contributed by atoms with van der Waals surface area (Å²) in [5.41, 5.74) is 6.19. The molecule has 102 valence electrons. The molecule has 0 aliphatic carbocycles. The van der Waals surface area contributed by atoms with Crippen LogP contribution in [0, 0.1) is 0 Å². The second kappa shape index (κ2) is 5.35. The summed E-state index contributed by atoms with van der Waals surface area (Å²) in [6, 6.07) is 4.73. The van der Waals surface area contributed by atoms with Crippen molar-refractivity contribution in [2.24, 2.45) is 5.73 Å². The Morgan fingerprint density at radius 2 is 2.16 bits per heavy atom. The number of H-pyrrole nitrogens is 1. The minimum Gasteiger partial charge on any atom is -0.476 e. The largest absolute Gasteiger partial charge is 0.476 e. The Morgan fingerprint density at radius 1 is 1.42 bits per heavy atom. The van der Waals surface area contributed by atoms with Crippen molar-refractivity contribution in [2.75, 3.05) is 6.54 Å². The van der Waals surface area contributed by atoms with E-state index in [2.05, 4.69) is 10.2 Å². The number of aliphatic hydroxyl groups excluding tert-OH is 2. The minimum atomic E-state index is -1.15. The number of hydrogen-bond acceptors (Lipinski definition) is 5. The second-order valence-corrected chi connectivity index (χ2v) is 4.27. The van der Waals surface area contributed by atoms with E-state index in [4.69, 9.17) is 10.8 Å². The van der Waals surface area contributed by atoms with Gasteiger partial charge in [-0.3, -0.25) is 5.10 Å². The number of hydrogen-bond donors (Lipinski definition) is 5. The molecule has 0 saturated carbocycles. The molecule has 2 atom stereocenters. The molecule has 0 aliphatic heterocycles. The molecule has 0 amide bonds. The van der Waals surface area contributed by atoms with E-state index in [0.29, 0.717) is 16.5 Å². The maximum Gasteiger partial charge on any atom is 0.357 e. The lowest BCUT2D eigenvalue weighted by atomic mass is 10.00. The zero-order valence-electron chi connectivity index (χ0n) is 10.1. The number of aromatic nitrogens is 2. The van der Waals surface area contributed by atoms with Gasteiger partial charge in [-0.25, -0.2) is 4.79 Å². The number of aromatic carboxylic acids is 1. The Kier molecular flexibility index (Phi) is 3.79. The van der Waals surface area contributed by atoms with Gasteiger partial charge in [-0.1, -0.05) is 6.07 Å². The number of benzene rings is 1. The normalized spacial score (nSPS) is 14.5. The number of carboxylic acids is 1. The Balaban J connectivity index is 2.39. The van der Waals surface area contributed by atoms with Crippen LogP contribution in [0.3, 0.4) is 0 Å². The van der Waals surface area contributed by atoms with Crippen molar-refractivity contribution >= 4 is 16.9 Å². The number of nitrogens with one attached hydrogen (secondary N) is 1. The summed E-state index contributed by atoms with van der Waals surface area (Å²) in [6.45, 7) is 0.257. The summed E-state index contributed by atoms with van der Waals surface area (Å²) >= 11 is 0. The fourth-order valence-corrected chi connectivity index (χ4v) is 1.93. The molecule has 19 heavy (non-hydrogen) atoms. The highest BCUT2D eigenvalue weighted by Crippen LogP contribution is 2.24. The van der Waals surface area contributed by atoms with Crippen molar-refractivity contribution in [1.82, 2.24) is 10.2 Å². The number of carbonyl (C=O) groups is 1. The van der Waals surface area contributed by atoms with Gasteiger partial charge in [0.25, 0.3) is 0 Å². The van der Waals surface area contributed by atoms with Crippen molar-refractivity contribution in [3.8, 4) is 0 Å². The third-order valence-corrected chi connectivity index (χ3v) is 2.96. The molecule has 0 bridgehead atoms. The predicted octanol–water partition coefficient (Wildman–Crippen LogP) is 0.00420. The highest BCUT2D eigenvalue weighted by Gasteiger charge is 2.20. The Hall–Kier alpha value is -1.96. The molecule has 1 heterocycles. The van der Waals surface area contributed by atoms with Gasteiger partial charge >= 0.3 is 5.97 Å². The Labute approximate surface area is 108 Å². The number of carboxylic acid groups (broad SMARTS) is 1. The molecule has 0 fully saturated rings. The SMILES string of the molecule is NCCC(O)C(O)c1ccc2[nH]nc(C(=O)O)c2c1. The summed E-state index contributed by atoms with van der Waals surface area (Å²) in [4.78, 5) is 11.0. The van der Waals surface area contributed by atoms with Gasteiger partial charge in [0, 0.05) is 5.39 Å². The highest BCUT2D eigenvalue weighted by atomic mass is 16.4. The molecule has 2 aromatic rings. The summed E-state index contributed by atoms with van der Waals surface area (Å²) in [5.74, 6) is -1.15. The molecule has 2 unspecified atom stereocenters. The van der Waals surface area contributed by atoms with Gasteiger partial charge in [0.15, 0.2) is 5.69 Å². The van der Waals surface area contributed by atoms with E-state index in [-0.39, 0.29) is 18.7 Å². The second-order valence-electron chi connectivity index (χ2n) is 4.27. The van der Waals surface area contributed by atoms with Crippen LogP contribution in [0.1, 0.15) is 28.6 Å². The monoisotopic (exact) mass is 265 g/mol. The molecular formula is C12H15N3O4. The van der Waals surface area contributed by atoms with Crippen molar-refractivity contribution in [1.29, 1.82) is 0 Å². The maximum atomic E-state index is 11.0. The smallest absolute Gasteiger partial charge is 0.357 e. The standard InChI is InChI=1S/C12H15N3O4/c13-4-3-9(16)11(17)6-1-2-8-7(5-6)10(12(18)19)15-14-8/h1-2,5,9,11,16-17H,3-4,13H2,(H,14,15)(H,18,19). The van der Waals surface area contributed by atoms with Gasteiger partial charge in [0.05, 0.1) is 11.6 Å². The maximum absolute atomic E-state index is 11.0. The average molecular weight is 265 g/mol. The number of aromatic amines is 1. The van der Waals surface area contributed by atoms with E-state index >= 15 is 0 Å². The number of nitrogens with two attached hydrogens (primary N) is 1. The molecule has 2 rings (SSSR count). The predicted molar refractivity (Wildman–Crippen MR) is 67.7 cm³/mol. The minimum absolute atomic E-state index is 0.114. The van der Waals surface area contributed by atoms with E-state index in [0.717, 1.165) is 0 Å². The van der Waals surface area contributed by atoms with E-state index in [1.54, 1.807) is 12.1 Å². The number of nitrogens with zero attached hydrogens (tertiary/aromatic N) is 1. The van der Waals surface area contributed by atoms with Gasteiger partial charge in [-0.2, -0.15) is 5.10 Å². The lowest BCUT2D eigenvalue weighted by molar-refractivity contribution is 0.0151. The first kappa shape index (κ1) is 13.5. The van der Waals surface area contributed by atoms with Crippen LogP contribution in [0.25, 0.3) is 10.9 Å².